The Kier molecular flexibility index (Phi) is 7.07. The summed E-state index contributed by atoms with van der Waals surface area (Å²) in [6.45, 7) is 15.5. The van der Waals surface area contributed by atoms with Crippen molar-refractivity contribution >= 4 is 14.2 Å². The lowest BCUT2D eigenvalue weighted by atomic mass is 9.97. The monoisotopic (exact) mass is 385 g/mol. The fourth-order valence-corrected chi connectivity index (χ4v) is 4.14. The summed E-state index contributed by atoms with van der Waals surface area (Å²) in [6, 6.07) is 0. The summed E-state index contributed by atoms with van der Waals surface area (Å²) in [7, 11) is -0.254. The lowest BCUT2D eigenvalue weighted by Gasteiger charge is -2.43. The normalized spacial score (nSPS) is 29.9. The summed E-state index contributed by atoms with van der Waals surface area (Å²) in [6.07, 6.45) is 1.61. The summed E-state index contributed by atoms with van der Waals surface area (Å²) >= 11 is 0. The molecule has 0 aromatic rings. The van der Waals surface area contributed by atoms with Crippen LogP contribution in [0.15, 0.2) is 11.6 Å². The van der Waals surface area contributed by atoms with Crippen molar-refractivity contribution in [3.8, 4) is 0 Å². The van der Waals surface area contributed by atoms with E-state index in [2.05, 4.69) is 33.9 Å². The number of methoxy groups -OCH3 is 1. The van der Waals surface area contributed by atoms with E-state index in [1.54, 1.807) is 13.2 Å². The standard InChI is InChI=1S/C19H35NO5Si/c1-14-15(12-17(21)20-8-10-23-11-9-20)16(22-5)13-18(24-14)25-26(6,7)19(2,3)4/h12,14,16,18H,8-11,13H2,1-7H3/b15-12-/t14-,16-,18-/m0/s1. The summed E-state index contributed by atoms with van der Waals surface area (Å²) in [5.41, 5.74) is 0.888. The molecule has 0 unspecified atom stereocenters. The number of carbonyl (C=O) groups is 1. The third-order valence-electron chi connectivity index (χ3n) is 5.73. The van der Waals surface area contributed by atoms with Gasteiger partial charge in [-0.25, -0.2) is 0 Å². The van der Waals surface area contributed by atoms with Crippen LogP contribution in [0.3, 0.4) is 0 Å². The molecule has 0 aliphatic carbocycles. The Labute approximate surface area is 158 Å². The lowest BCUT2D eigenvalue weighted by Crippen LogP contribution is -2.49. The fraction of sp³-hybridized carbons (Fsp3) is 0.842. The number of rotatable bonds is 4. The average molecular weight is 386 g/mol. The van der Waals surface area contributed by atoms with E-state index in [1.807, 2.05) is 11.8 Å². The van der Waals surface area contributed by atoms with Crippen molar-refractivity contribution < 1.29 is 23.4 Å². The molecule has 0 radical (unpaired) electrons. The Morgan fingerprint density at radius 1 is 1.27 bits per heavy atom. The molecule has 7 heteroatoms. The number of morpholine rings is 1. The van der Waals surface area contributed by atoms with Gasteiger partial charge in [0.15, 0.2) is 14.6 Å². The molecule has 26 heavy (non-hydrogen) atoms. The molecule has 0 spiro atoms. The first kappa shape index (κ1) is 21.6. The SMILES string of the molecule is CO[C@H]1C[C@H](O[Si](C)(C)C(C)(C)C)O[C@@H](C)/C1=C/C(=O)N1CCOCC1. The number of nitrogens with zero attached hydrogens (tertiary/aromatic N) is 1. The van der Waals surface area contributed by atoms with Crippen LogP contribution in [0.5, 0.6) is 0 Å². The van der Waals surface area contributed by atoms with E-state index in [1.165, 1.54) is 0 Å². The van der Waals surface area contributed by atoms with Gasteiger partial charge in [-0.2, -0.15) is 0 Å². The largest absolute Gasteiger partial charge is 0.392 e. The minimum Gasteiger partial charge on any atom is -0.392 e. The van der Waals surface area contributed by atoms with Crippen LogP contribution in [0.4, 0.5) is 0 Å². The molecule has 3 atom stereocenters. The zero-order valence-electron chi connectivity index (χ0n) is 17.3. The highest BCUT2D eigenvalue weighted by atomic mass is 28.4. The highest BCUT2D eigenvalue weighted by molar-refractivity contribution is 6.74. The van der Waals surface area contributed by atoms with Crippen molar-refractivity contribution in [3.05, 3.63) is 11.6 Å². The molecule has 2 aliphatic rings. The van der Waals surface area contributed by atoms with Crippen molar-refractivity contribution in [2.24, 2.45) is 0 Å². The first-order chi connectivity index (χ1) is 12.0. The van der Waals surface area contributed by atoms with Crippen LogP contribution < -0.4 is 0 Å². The zero-order valence-corrected chi connectivity index (χ0v) is 18.3. The number of amides is 1. The van der Waals surface area contributed by atoms with Gasteiger partial charge in [-0.1, -0.05) is 20.8 Å². The van der Waals surface area contributed by atoms with E-state index in [9.17, 15) is 4.79 Å². The van der Waals surface area contributed by atoms with Crippen LogP contribution in [0.2, 0.25) is 18.1 Å². The third-order valence-corrected chi connectivity index (χ3v) is 10.2. The van der Waals surface area contributed by atoms with Crippen molar-refractivity contribution in [1.82, 2.24) is 4.90 Å². The van der Waals surface area contributed by atoms with E-state index >= 15 is 0 Å². The van der Waals surface area contributed by atoms with E-state index < -0.39 is 8.32 Å². The predicted octanol–water partition coefficient (Wildman–Crippen LogP) is 2.94. The first-order valence-corrected chi connectivity index (χ1v) is 12.4. The Hall–Kier alpha value is -0.733. The van der Waals surface area contributed by atoms with E-state index in [0.29, 0.717) is 32.7 Å². The Morgan fingerprint density at radius 2 is 1.88 bits per heavy atom. The molecule has 0 saturated carbocycles. The number of ether oxygens (including phenoxy) is 3. The first-order valence-electron chi connectivity index (χ1n) is 9.49. The molecule has 0 N–H and O–H groups in total. The molecule has 0 bridgehead atoms. The van der Waals surface area contributed by atoms with Crippen LogP contribution >= 0.6 is 0 Å². The van der Waals surface area contributed by atoms with Crippen LogP contribution in [-0.2, 0) is 23.4 Å². The number of hydrogen-bond donors (Lipinski definition) is 0. The Balaban J connectivity index is 2.08. The summed E-state index contributed by atoms with van der Waals surface area (Å²) in [5.74, 6) is 0.00423. The van der Waals surface area contributed by atoms with Crippen LogP contribution in [0.1, 0.15) is 34.1 Å². The van der Waals surface area contributed by atoms with Crippen molar-refractivity contribution in [2.75, 3.05) is 33.4 Å². The second-order valence-electron chi connectivity index (χ2n) is 8.63. The van der Waals surface area contributed by atoms with Gasteiger partial charge < -0.3 is 23.5 Å². The van der Waals surface area contributed by atoms with Crippen LogP contribution in [0.25, 0.3) is 0 Å². The predicted molar refractivity (Wildman–Crippen MR) is 104 cm³/mol. The van der Waals surface area contributed by atoms with Gasteiger partial charge >= 0.3 is 0 Å². The van der Waals surface area contributed by atoms with Gasteiger partial charge in [0.2, 0.25) is 5.91 Å². The van der Waals surface area contributed by atoms with E-state index in [0.717, 1.165) is 5.57 Å². The molecule has 2 rings (SSSR count). The van der Waals surface area contributed by atoms with Gasteiger partial charge in [0.1, 0.15) is 0 Å². The topological polar surface area (TPSA) is 57.2 Å². The molecule has 0 aromatic carbocycles. The van der Waals surface area contributed by atoms with Gasteiger partial charge in [-0.3, -0.25) is 4.79 Å². The summed E-state index contributed by atoms with van der Waals surface area (Å²) in [5, 5.41) is 0.116. The average Bonchev–Trinajstić information content (AvgIpc) is 2.56. The zero-order chi connectivity index (χ0) is 19.5. The van der Waals surface area contributed by atoms with Gasteiger partial charge in [0.25, 0.3) is 0 Å². The highest BCUT2D eigenvalue weighted by Gasteiger charge is 2.42. The van der Waals surface area contributed by atoms with E-state index in [4.69, 9.17) is 18.6 Å². The summed E-state index contributed by atoms with van der Waals surface area (Å²) in [4.78, 5) is 14.4. The van der Waals surface area contributed by atoms with Gasteiger partial charge in [0, 0.05) is 32.7 Å². The van der Waals surface area contributed by atoms with Crippen molar-refractivity contribution in [2.45, 2.75) is 70.7 Å². The van der Waals surface area contributed by atoms with Gasteiger partial charge in [0.05, 0.1) is 25.4 Å². The molecule has 6 nitrogen and oxygen atoms in total. The second kappa shape index (κ2) is 8.52. The Morgan fingerprint density at radius 3 is 2.42 bits per heavy atom. The van der Waals surface area contributed by atoms with E-state index in [-0.39, 0.29) is 29.4 Å². The summed E-state index contributed by atoms with van der Waals surface area (Å²) < 4.78 is 23.5. The fourth-order valence-electron chi connectivity index (χ4n) is 2.98. The molecule has 2 heterocycles. The highest BCUT2D eigenvalue weighted by Crippen LogP contribution is 2.39. The number of hydrogen-bond acceptors (Lipinski definition) is 5. The van der Waals surface area contributed by atoms with Gasteiger partial charge in [-0.05, 0) is 30.6 Å². The molecule has 150 valence electrons. The molecule has 2 aliphatic heterocycles. The Bertz CT molecular complexity index is 523. The molecule has 0 aromatic heterocycles. The van der Waals surface area contributed by atoms with Gasteiger partial charge in [-0.15, -0.1) is 0 Å². The van der Waals surface area contributed by atoms with Crippen LogP contribution in [0, 0.1) is 0 Å². The maximum absolute atomic E-state index is 12.6. The lowest BCUT2D eigenvalue weighted by molar-refractivity contribution is -0.156. The maximum atomic E-state index is 12.6. The van der Waals surface area contributed by atoms with Crippen LogP contribution in [-0.4, -0.2) is 71.0 Å². The second-order valence-corrected chi connectivity index (χ2v) is 13.4. The third kappa shape index (κ3) is 5.16. The molecular formula is C19H35NO5Si. The molecular weight excluding hydrogens is 350 g/mol. The number of carbonyl (C=O) groups excluding carboxylic acids is 1. The van der Waals surface area contributed by atoms with Crippen molar-refractivity contribution in [1.29, 1.82) is 0 Å². The quantitative estimate of drug-likeness (QED) is 0.550. The molecule has 1 amide bonds. The minimum atomic E-state index is -1.93. The maximum Gasteiger partial charge on any atom is 0.246 e. The molecule has 2 saturated heterocycles. The molecule has 2 fully saturated rings. The van der Waals surface area contributed by atoms with Crippen molar-refractivity contribution in [3.63, 3.8) is 0 Å². The minimum absolute atomic E-state index is 0.00423. The smallest absolute Gasteiger partial charge is 0.246 e.